The molecule has 0 aromatic carbocycles. The first-order valence-corrected chi connectivity index (χ1v) is 4.77. The van der Waals surface area contributed by atoms with Crippen LogP contribution in [0.2, 0.25) is 0 Å². The highest BCUT2D eigenvalue weighted by molar-refractivity contribution is 7.07. The molecule has 0 aliphatic rings. The molecule has 1 heterocycles. The standard InChI is InChI=1S/C7H9ClN2OS/c8-2-1-3-9-4-6-5-12-7(11)10-6/h1-2,5,9H,3-4H2,(H,10,11)/b2-1+. The molecule has 3 nitrogen and oxygen atoms in total. The molecule has 1 aromatic heterocycles. The Kier molecular flexibility index (Phi) is 4.07. The summed E-state index contributed by atoms with van der Waals surface area (Å²) in [6.07, 6.45) is 1.80. The van der Waals surface area contributed by atoms with Gasteiger partial charge in [0.15, 0.2) is 0 Å². The second-order valence-electron chi connectivity index (χ2n) is 2.17. The van der Waals surface area contributed by atoms with Crippen molar-refractivity contribution < 1.29 is 0 Å². The van der Waals surface area contributed by atoms with Crippen LogP contribution < -0.4 is 10.2 Å². The van der Waals surface area contributed by atoms with Crippen molar-refractivity contribution in [1.82, 2.24) is 10.3 Å². The van der Waals surface area contributed by atoms with Crippen LogP contribution in [0, 0.1) is 0 Å². The van der Waals surface area contributed by atoms with E-state index in [0.717, 1.165) is 5.69 Å². The molecular weight excluding hydrogens is 196 g/mol. The van der Waals surface area contributed by atoms with Crippen molar-refractivity contribution in [3.05, 3.63) is 32.4 Å². The zero-order valence-corrected chi connectivity index (χ0v) is 7.91. The van der Waals surface area contributed by atoms with Gasteiger partial charge in [-0.1, -0.05) is 29.0 Å². The van der Waals surface area contributed by atoms with Gasteiger partial charge in [-0.3, -0.25) is 4.79 Å². The molecule has 0 aliphatic carbocycles. The molecule has 2 N–H and O–H groups in total. The third kappa shape index (κ3) is 3.21. The maximum atomic E-state index is 10.7. The van der Waals surface area contributed by atoms with E-state index in [2.05, 4.69) is 10.3 Å². The lowest BCUT2D eigenvalue weighted by Crippen LogP contribution is -2.13. The summed E-state index contributed by atoms with van der Waals surface area (Å²) in [6.45, 7) is 1.38. The summed E-state index contributed by atoms with van der Waals surface area (Å²) >= 11 is 6.48. The largest absolute Gasteiger partial charge is 0.315 e. The number of hydrogen-bond acceptors (Lipinski definition) is 3. The van der Waals surface area contributed by atoms with Crippen molar-refractivity contribution in [2.75, 3.05) is 6.54 Å². The van der Waals surface area contributed by atoms with E-state index in [9.17, 15) is 4.79 Å². The molecule has 0 bridgehead atoms. The van der Waals surface area contributed by atoms with E-state index in [0.29, 0.717) is 13.1 Å². The molecule has 0 saturated carbocycles. The van der Waals surface area contributed by atoms with Gasteiger partial charge in [0.2, 0.25) is 0 Å². The predicted octanol–water partition coefficient (Wildman–Crippen LogP) is 1.28. The minimum atomic E-state index is -0.0142. The second-order valence-corrected chi connectivity index (χ2v) is 3.26. The average molecular weight is 205 g/mol. The van der Waals surface area contributed by atoms with Crippen molar-refractivity contribution >= 4 is 22.9 Å². The molecule has 0 fully saturated rings. The topological polar surface area (TPSA) is 44.9 Å². The molecule has 0 unspecified atom stereocenters. The van der Waals surface area contributed by atoms with Gasteiger partial charge in [-0.15, -0.1) is 0 Å². The van der Waals surface area contributed by atoms with Crippen LogP contribution in [-0.2, 0) is 6.54 Å². The lowest BCUT2D eigenvalue weighted by atomic mass is 10.5. The van der Waals surface area contributed by atoms with Crippen molar-refractivity contribution in [2.45, 2.75) is 6.54 Å². The SMILES string of the molecule is O=c1[nH]c(CNC/C=C/Cl)cs1. The van der Waals surface area contributed by atoms with E-state index in [1.807, 2.05) is 0 Å². The zero-order valence-electron chi connectivity index (χ0n) is 6.34. The third-order valence-corrected chi connectivity index (χ3v) is 2.13. The number of aromatic amines is 1. The Balaban J connectivity index is 2.29. The summed E-state index contributed by atoms with van der Waals surface area (Å²) in [4.78, 5) is 13.4. The number of halogens is 1. The molecular formula is C7H9ClN2OS. The minimum Gasteiger partial charge on any atom is -0.315 e. The molecule has 0 spiro atoms. The number of nitrogens with one attached hydrogen (secondary N) is 2. The number of aromatic nitrogens is 1. The monoisotopic (exact) mass is 204 g/mol. The maximum absolute atomic E-state index is 10.7. The minimum absolute atomic E-state index is 0.0142. The molecule has 0 aliphatic heterocycles. The van der Waals surface area contributed by atoms with Crippen molar-refractivity contribution in [1.29, 1.82) is 0 Å². The number of rotatable bonds is 4. The Morgan fingerprint density at radius 3 is 3.17 bits per heavy atom. The Morgan fingerprint density at radius 2 is 2.58 bits per heavy atom. The van der Waals surface area contributed by atoms with Gasteiger partial charge in [-0.05, 0) is 0 Å². The Hall–Kier alpha value is -0.580. The number of hydrogen-bond donors (Lipinski definition) is 2. The Bertz CT molecular complexity index is 304. The van der Waals surface area contributed by atoms with Gasteiger partial charge in [-0.2, -0.15) is 0 Å². The molecule has 0 amide bonds. The van der Waals surface area contributed by atoms with E-state index < -0.39 is 0 Å². The molecule has 0 atom stereocenters. The van der Waals surface area contributed by atoms with Gasteiger partial charge in [-0.25, -0.2) is 0 Å². The highest BCUT2D eigenvalue weighted by Gasteiger charge is 1.93. The fourth-order valence-corrected chi connectivity index (χ4v) is 1.41. The highest BCUT2D eigenvalue weighted by atomic mass is 35.5. The van der Waals surface area contributed by atoms with E-state index in [1.54, 1.807) is 11.5 Å². The summed E-state index contributed by atoms with van der Waals surface area (Å²) < 4.78 is 0. The maximum Gasteiger partial charge on any atom is 0.304 e. The van der Waals surface area contributed by atoms with E-state index >= 15 is 0 Å². The van der Waals surface area contributed by atoms with Crippen LogP contribution in [0.15, 0.2) is 21.8 Å². The summed E-state index contributed by atoms with van der Waals surface area (Å²) in [7, 11) is 0. The van der Waals surface area contributed by atoms with Crippen LogP contribution >= 0.6 is 22.9 Å². The van der Waals surface area contributed by atoms with Gasteiger partial charge < -0.3 is 10.3 Å². The van der Waals surface area contributed by atoms with Gasteiger partial charge in [0, 0.05) is 29.7 Å². The van der Waals surface area contributed by atoms with Gasteiger partial charge in [0.05, 0.1) is 0 Å². The Morgan fingerprint density at radius 1 is 1.75 bits per heavy atom. The molecule has 12 heavy (non-hydrogen) atoms. The van der Waals surface area contributed by atoms with Crippen LogP contribution in [-0.4, -0.2) is 11.5 Å². The fourth-order valence-electron chi connectivity index (χ4n) is 0.735. The highest BCUT2D eigenvalue weighted by Crippen LogP contribution is 1.93. The van der Waals surface area contributed by atoms with Crippen molar-refractivity contribution in [3.8, 4) is 0 Å². The van der Waals surface area contributed by atoms with Gasteiger partial charge >= 0.3 is 4.87 Å². The van der Waals surface area contributed by atoms with Gasteiger partial charge in [0.25, 0.3) is 0 Å². The molecule has 5 heteroatoms. The zero-order chi connectivity index (χ0) is 8.81. The summed E-state index contributed by atoms with van der Waals surface area (Å²) in [6, 6.07) is 0. The van der Waals surface area contributed by atoms with Crippen molar-refractivity contribution in [2.24, 2.45) is 0 Å². The molecule has 66 valence electrons. The van der Waals surface area contributed by atoms with Crippen LogP contribution in [0.1, 0.15) is 5.69 Å². The second kappa shape index (κ2) is 5.13. The fraction of sp³-hybridized carbons (Fsp3) is 0.286. The van der Waals surface area contributed by atoms with Crippen molar-refractivity contribution in [3.63, 3.8) is 0 Å². The smallest absolute Gasteiger partial charge is 0.304 e. The summed E-state index contributed by atoms with van der Waals surface area (Å²) in [5, 5.41) is 4.89. The first kappa shape index (κ1) is 9.51. The number of thiazole rings is 1. The van der Waals surface area contributed by atoms with Crippen LogP contribution in [0.25, 0.3) is 0 Å². The quantitative estimate of drug-likeness (QED) is 0.726. The van der Waals surface area contributed by atoms with E-state index in [4.69, 9.17) is 11.6 Å². The van der Waals surface area contributed by atoms with Gasteiger partial charge in [0.1, 0.15) is 0 Å². The first-order valence-electron chi connectivity index (χ1n) is 3.45. The van der Waals surface area contributed by atoms with Crippen LogP contribution in [0.3, 0.4) is 0 Å². The van der Waals surface area contributed by atoms with E-state index in [-0.39, 0.29) is 4.87 Å². The van der Waals surface area contributed by atoms with Crippen LogP contribution in [0.4, 0.5) is 0 Å². The van der Waals surface area contributed by atoms with E-state index in [1.165, 1.54) is 16.9 Å². The third-order valence-electron chi connectivity index (χ3n) is 1.24. The molecule has 1 rings (SSSR count). The normalized spacial score (nSPS) is 11.1. The molecule has 1 aromatic rings. The summed E-state index contributed by atoms with van der Waals surface area (Å²) in [5.74, 6) is 0. The number of H-pyrrole nitrogens is 1. The first-order chi connectivity index (χ1) is 5.83. The Labute approximate surface area is 79.1 Å². The summed E-state index contributed by atoms with van der Waals surface area (Å²) in [5.41, 5.74) is 2.37. The lowest BCUT2D eigenvalue weighted by molar-refractivity contribution is 0.743. The lowest BCUT2D eigenvalue weighted by Gasteiger charge is -1.96. The average Bonchev–Trinajstić information content (AvgIpc) is 2.45. The predicted molar refractivity (Wildman–Crippen MR) is 51.6 cm³/mol. The molecule has 0 saturated heterocycles. The molecule has 0 radical (unpaired) electrons. The van der Waals surface area contributed by atoms with Crippen LogP contribution in [0.5, 0.6) is 0 Å².